The molecule has 1 aromatic carbocycles. The van der Waals surface area contributed by atoms with Gasteiger partial charge in [-0.3, -0.25) is 4.79 Å². The lowest BCUT2D eigenvalue weighted by molar-refractivity contribution is -0.140. The van der Waals surface area contributed by atoms with E-state index in [9.17, 15) is 9.90 Å². The van der Waals surface area contributed by atoms with Gasteiger partial charge in [-0.2, -0.15) is 0 Å². The Kier molecular flexibility index (Phi) is 5.00. The summed E-state index contributed by atoms with van der Waals surface area (Å²) in [5, 5.41) is 10.0. The summed E-state index contributed by atoms with van der Waals surface area (Å²) in [6.07, 6.45) is 0.872. The number of alkyl halides is 1. The van der Waals surface area contributed by atoms with Crippen molar-refractivity contribution in [3.8, 4) is 0 Å². The number of hydrogen-bond acceptors (Lipinski definition) is 1. The van der Waals surface area contributed by atoms with Gasteiger partial charge >= 0.3 is 5.97 Å². The Morgan fingerprint density at radius 2 is 1.94 bits per heavy atom. The van der Waals surface area contributed by atoms with Crippen LogP contribution in [0.25, 0.3) is 0 Å². The van der Waals surface area contributed by atoms with E-state index >= 15 is 0 Å². The number of benzene rings is 1. The number of hydrogen-bond donors (Lipinski definition) is 1. The van der Waals surface area contributed by atoms with Gasteiger partial charge in [-0.25, -0.2) is 0 Å². The Labute approximate surface area is 105 Å². The van der Waals surface area contributed by atoms with Gasteiger partial charge in [0.05, 0.1) is 5.92 Å². The van der Waals surface area contributed by atoms with Crippen molar-refractivity contribution in [1.29, 1.82) is 0 Å². The maximum Gasteiger partial charge on any atom is 0.311 e. The predicted molar refractivity (Wildman–Crippen MR) is 68.9 cm³/mol. The molecule has 0 saturated carbocycles. The van der Waals surface area contributed by atoms with Crippen molar-refractivity contribution in [3.05, 3.63) is 35.4 Å². The van der Waals surface area contributed by atoms with Gasteiger partial charge in [-0.1, -0.05) is 60.5 Å². The first-order valence-corrected chi connectivity index (χ1v) is 6.59. The van der Waals surface area contributed by atoms with Crippen molar-refractivity contribution in [2.24, 2.45) is 5.92 Å². The molecular weight excluding hydrogens is 268 g/mol. The zero-order valence-electron chi connectivity index (χ0n) is 9.61. The number of halogens is 1. The van der Waals surface area contributed by atoms with Crippen LogP contribution in [0.1, 0.15) is 37.3 Å². The molecule has 0 aliphatic rings. The fraction of sp³-hybridized carbons (Fsp3) is 0.462. The second kappa shape index (κ2) is 6.04. The highest BCUT2D eigenvalue weighted by atomic mass is 79.9. The summed E-state index contributed by atoms with van der Waals surface area (Å²) in [5.74, 6) is -0.970. The quantitative estimate of drug-likeness (QED) is 0.835. The molecule has 1 rings (SSSR count). The van der Waals surface area contributed by atoms with Crippen molar-refractivity contribution >= 4 is 21.9 Å². The van der Waals surface area contributed by atoms with Crippen LogP contribution in [-0.4, -0.2) is 11.1 Å². The van der Waals surface area contributed by atoms with Crippen LogP contribution in [-0.2, 0) is 10.1 Å². The summed E-state index contributed by atoms with van der Waals surface area (Å²) in [7, 11) is 0. The lowest BCUT2D eigenvalue weighted by Crippen LogP contribution is -2.19. The van der Waals surface area contributed by atoms with Crippen molar-refractivity contribution in [3.63, 3.8) is 0 Å². The largest absolute Gasteiger partial charge is 0.481 e. The average molecular weight is 285 g/mol. The molecule has 0 heterocycles. The summed E-state index contributed by atoms with van der Waals surface area (Å²) in [6.45, 7) is 4.00. The van der Waals surface area contributed by atoms with E-state index in [0.717, 1.165) is 22.9 Å². The Balaban J connectivity index is 2.97. The first-order valence-electron chi connectivity index (χ1n) is 5.47. The first kappa shape index (κ1) is 13.2. The normalized spacial score (nSPS) is 14.4. The summed E-state index contributed by atoms with van der Waals surface area (Å²) in [6, 6.07) is 7.79. The molecule has 0 saturated heterocycles. The molecule has 0 aliphatic heterocycles. The maximum absolute atomic E-state index is 11.2. The highest BCUT2D eigenvalue weighted by molar-refractivity contribution is 9.08. The van der Waals surface area contributed by atoms with E-state index in [0.29, 0.717) is 0 Å². The van der Waals surface area contributed by atoms with E-state index in [-0.39, 0.29) is 5.92 Å². The first-order chi connectivity index (χ1) is 7.60. The molecule has 3 heteroatoms. The van der Waals surface area contributed by atoms with Crippen molar-refractivity contribution in [2.45, 2.75) is 31.5 Å². The van der Waals surface area contributed by atoms with Crippen molar-refractivity contribution in [2.75, 3.05) is 0 Å². The zero-order valence-corrected chi connectivity index (χ0v) is 11.2. The molecule has 0 radical (unpaired) electrons. The summed E-state index contributed by atoms with van der Waals surface area (Å²) >= 11 is 3.37. The lowest BCUT2D eigenvalue weighted by Gasteiger charge is -2.19. The summed E-state index contributed by atoms with van der Waals surface area (Å²) in [5.41, 5.74) is 2.06. The third-order valence-corrected chi connectivity index (χ3v) is 3.62. The van der Waals surface area contributed by atoms with Crippen LogP contribution in [0.15, 0.2) is 24.3 Å². The number of rotatable bonds is 5. The Morgan fingerprint density at radius 3 is 2.31 bits per heavy atom. The van der Waals surface area contributed by atoms with Gasteiger partial charge in [0.1, 0.15) is 0 Å². The highest BCUT2D eigenvalue weighted by Crippen LogP contribution is 2.27. The van der Waals surface area contributed by atoms with Crippen LogP contribution in [0, 0.1) is 5.92 Å². The van der Waals surface area contributed by atoms with Crippen LogP contribution in [0.2, 0.25) is 0 Å². The average Bonchev–Trinajstić information content (AvgIpc) is 2.29. The van der Waals surface area contributed by atoms with Gasteiger partial charge in [-0.05, 0) is 17.0 Å². The lowest BCUT2D eigenvalue weighted by atomic mass is 9.85. The molecule has 0 aromatic heterocycles. The second-order valence-corrected chi connectivity index (χ2v) is 4.64. The molecule has 1 N–H and O–H groups in total. The maximum atomic E-state index is 11.2. The molecule has 1 aromatic rings. The van der Waals surface area contributed by atoms with Crippen LogP contribution in [0.4, 0.5) is 0 Å². The zero-order chi connectivity index (χ0) is 12.1. The summed E-state index contributed by atoms with van der Waals surface area (Å²) < 4.78 is 0. The molecular formula is C13H17BrO2. The second-order valence-electron chi connectivity index (χ2n) is 4.08. The molecule has 0 bridgehead atoms. The predicted octanol–water partition coefficient (Wildman–Crippen LogP) is 3.80. The minimum absolute atomic E-state index is 0.160. The van der Waals surface area contributed by atoms with Gasteiger partial charge in [0.25, 0.3) is 0 Å². The Bertz CT molecular complexity index is 345. The highest BCUT2D eigenvalue weighted by Gasteiger charge is 2.24. The molecule has 0 spiro atoms. The molecule has 0 fully saturated rings. The van der Waals surface area contributed by atoms with Crippen LogP contribution < -0.4 is 0 Å². The molecule has 2 atom stereocenters. The Hall–Kier alpha value is -0.830. The summed E-state index contributed by atoms with van der Waals surface area (Å²) in [4.78, 5) is 11.2. The number of carboxylic acids is 1. The third kappa shape index (κ3) is 3.08. The fourth-order valence-corrected chi connectivity index (χ4v) is 2.14. The molecule has 0 amide bonds. The molecule has 2 unspecified atom stereocenters. The number of aliphatic carboxylic acids is 1. The minimum atomic E-state index is -0.735. The van der Waals surface area contributed by atoms with Gasteiger partial charge < -0.3 is 5.11 Å². The van der Waals surface area contributed by atoms with Gasteiger partial charge in [0, 0.05) is 5.33 Å². The van der Waals surface area contributed by atoms with Crippen molar-refractivity contribution < 1.29 is 9.90 Å². The van der Waals surface area contributed by atoms with Crippen molar-refractivity contribution in [1.82, 2.24) is 0 Å². The SMILES string of the molecule is CCC(C)C(C(=O)O)c1ccc(CBr)cc1. The third-order valence-electron chi connectivity index (χ3n) is 2.97. The standard InChI is InChI=1S/C13H17BrO2/c1-3-9(2)12(13(15)16)11-6-4-10(8-14)5-7-11/h4-7,9,12H,3,8H2,1-2H3,(H,15,16). The van der Waals surface area contributed by atoms with Crippen LogP contribution in [0.3, 0.4) is 0 Å². The smallest absolute Gasteiger partial charge is 0.311 e. The number of carbonyl (C=O) groups is 1. The van der Waals surface area contributed by atoms with E-state index in [4.69, 9.17) is 0 Å². The van der Waals surface area contributed by atoms with E-state index in [1.165, 1.54) is 0 Å². The number of carboxylic acid groups (broad SMARTS) is 1. The van der Waals surface area contributed by atoms with Gasteiger partial charge in [0.15, 0.2) is 0 Å². The van der Waals surface area contributed by atoms with Crippen LogP contribution >= 0.6 is 15.9 Å². The molecule has 88 valence electrons. The van der Waals surface area contributed by atoms with Gasteiger partial charge in [0.2, 0.25) is 0 Å². The van der Waals surface area contributed by atoms with E-state index < -0.39 is 11.9 Å². The van der Waals surface area contributed by atoms with Crippen LogP contribution in [0.5, 0.6) is 0 Å². The molecule has 2 nitrogen and oxygen atoms in total. The fourth-order valence-electron chi connectivity index (χ4n) is 1.76. The molecule has 0 aliphatic carbocycles. The van der Waals surface area contributed by atoms with E-state index in [1.54, 1.807) is 0 Å². The monoisotopic (exact) mass is 284 g/mol. The van der Waals surface area contributed by atoms with E-state index in [1.807, 2.05) is 38.1 Å². The molecule has 16 heavy (non-hydrogen) atoms. The minimum Gasteiger partial charge on any atom is -0.481 e. The Morgan fingerprint density at radius 1 is 1.38 bits per heavy atom. The van der Waals surface area contributed by atoms with E-state index in [2.05, 4.69) is 15.9 Å². The van der Waals surface area contributed by atoms with Gasteiger partial charge in [-0.15, -0.1) is 0 Å². The topological polar surface area (TPSA) is 37.3 Å².